The van der Waals surface area contributed by atoms with Gasteiger partial charge in [0.25, 0.3) is 0 Å². The summed E-state index contributed by atoms with van der Waals surface area (Å²) in [4.78, 5) is 24.0. The first-order chi connectivity index (χ1) is 14.5. The summed E-state index contributed by atoms with van der Waals surface area (Å²) in [6.45, 7) is 16.9. The third kappa shape index (κ3) is 6.75. The van der Waals surface area contributed by atoms with E-state index in [1.807, 2.05) is 58.9 Å². The van der Waals surface area contributed by atoms with Crippen molar-refractivity contribution < 1.29 is 14.3 Å². The lowest BCUT2D eigenvalue weighted by Gasteiger charge is -2.15. The normalized spacial score (nSPS) is 12.1. The Morgan fingerprint density at radius 2 is 1.45 bits per heavy atom. The second-order valence-corrected chi connectivity index (χ2v) is 9.12. The van der Waals surface area contributed by atoms with Gasteiger partial charge in [-0.1, -0.05) is 53.6 Å². The summed E-state index contributed by atoms with van der Waals surface area (Å²) >= 11 is 6.82. The topological polar surface area (TPSA) is 43.4 Å². The van der Waals surface area contributed by atoms with Crippen LogP contribution in [0.1, 0.15) is 51.3 Å². The fourth-order valence-electron chi connectivity index (χ4n) is 2.81. The van der Waals surface area contributed by atoms with E-state index in [1.54, 1.807) is 19.3 Å². The smallest absolute Gasteiger partial charge is 0.170 e. The molecule has 5 heteroatoms. The van der Waals surface area contributed by atoms with E-state index in [-0.39, 0.29) is 23.4 Å². The fourth-order valence-corrected chi connectivity index (χ4v) is 4.02. The van der Waals surface area contributed by atoms with Crippen molar-refractivity contribution >= 4 is 43.4 Å². The molecule has 0 radical (unpaired) electrons. The molecule has 0 spiro atoms. The van der Waals surface area contributed by atoms with Gasteiger partial charge in [-0.15, -0.1) is 13.2 Å². The van der Waals surface area contributed by atoms with Crippen LogP contribution in [0.5, 0.6) is 5.75 Å². The molecule has 0 aliphatic heterocycles. The van der Waals surface area contributed by atoms with Crippen LogP contribution in [0.15, 0.2) is 58.5 Å². The molecule has 0 amide bonds. The van der Waals surface area contributed by atoms with E-state index < -0.39 is 0 Å². The molecule has 0 bridgehead atoms. The monoisotopic (exact) mass is 548 g/mol. The lowest BCUT2D eigenvalue weighted by Crippen LogP contribution is -2.11. The van der Waals surface area contributed by atoms with Crippen molar-refractivity contribution in [1.82, 2.24) is 0 Å². The highest BCUT2D eigenvalue weighted by Gasteiger charge is 2.20. The quantitative estimate of drug-likeness (QED) is 0.261. The molecule has 0 aromatic heterocycles. The molecule has 0 fully saturated rings. The molecule has 0 aliphatic rings. The highest BCUT2D eigenvalue weighted by atomic mass is 79.9. The number of halogens is 2. The van der Waals surface area contributed by atoms with Crippen LogP contribution in [0.4, 0.5) is 0 Å². The van der Waals surface area contributed by atoms with Crippen molar-refractivity contribution in [3.63, 3.8) is 0 Å². The highest BCUT2D eigenvalue weighted by molar-refractivity contribution is 9.11. The van der Waals surface area contributed by atoms with Crippen LogP contribution in [-0.4, -0.2) is 18.7 Å². The Kier molecular flexibility index (Phi) is 10.6. The molecule has 31 heavy (non-hydrogen) atoms. The minimum absolute atomic E-state index is 0.0493. The van der Waals surface area contributed by atoms with Crippen molar-refractivity contribution in [2.24, 2.45) is 11.8 Å². The molecule has 166 valence electrons. The first-order valence-electron chi connectivity index (χ1n) is 9.93. The lowest BCUT2D eigenvalue weighted by molar-refractivity contribution is 0.0945. The molecule has 0 saturated heterocycles. The zero-order valence-electron chi connectivity index (χ0n) is 19.0. The Bertz CT molecular complexity index is 993. The van der Waals surface area contributed by atoms with Crippen LogP contribution in [0.3, 0.4) is 0 Å². The molecular formula is C26H30Br2O3. The van der Waals surface area contributed by atoms with Crippen LogP contribution >= 0.6 is 31.9 Å². The third-order valence-electron chi connectivity index (χ3n) is 5.12. The van der Waals surface area contributed by atoms with Crippen molar-refractivity contribution in [2.75, 3.05) is 7.11 Å². The average Bonchev–Trinajstić information content (AvgIpc) is 2.76. The summed E-state index contributed by atoms with van der Waals surface area (Å²) in [5.74, 6) is 0.555. The number of Topliss-reactive ketones (excluding diaryl/α,β-unsaturated/α-hetero) is 2. The van der Waals surface area contributed by atoms with Crippen molar-refractivity contribution in [2.45, 2.75) is 34.6 Å². The number of methoxy groups -OCH3 is 1. The first kappa shape index (κ1) is 27.1. The lowest BCUT2D eigenvalue weighted by atomic mass is 9.96. The maximum absolute atomic E-state index is 12.2. The van der Waals surface area contributed by atoms with Gasteiger partial charge in [0, 0.05) is 27.4 Å². The Hall–Kier alpha value is -1.98. The summed E-state index contributed by atoms with van der Waals surface area (Å²) in [5.41, 5.74) is 4.56. The summed E-state index contributed by atoms with van der Waals surface area (Å²) in [5, 5.41) is 0. The maximum Gasteiger partial charge on any atom is 0.170 e. The van der Waals surface area contributed by atoms with E-state index in [4.69, 9.17) is 4.74 Å². The Morgan fingerprint density at radius 3 is 1.94 bits per heavy atom. The number of rotatable bonds is 7. The standard InChI is InChI=1S/C14H17BrO2.C12H13BrO/c1-6-8(2)13(16)11-7-9(3)10(4)14(17-5)12(11)15;1-4-9(3)12(14)10-7-8(2)5-6-11(10)13/h6-8H,1H2,2-5H3;4-7,9H,1H2,2-3H3. The van der Waals surface area contributed by atoms with Crippen molar-refractivity contribution in [1.29, 1.82) is 0 Å². The summed E-state index contributed by atoms with van der Waals surface area (Å²) < 4.78 is 6.91. The zero-order chi connectivity index (χ0) is 23.9. The summed E-state index contributed by atoms with van der Waals surface area (Å²) in [6, 6.07) is 7.66. The minimum atomic E-state index is -0.196. The Labute approximate surface area is 202 Å². The molecule has 2 atom stereocenters. The maximum atomic E-state index is 12.2. The minimum Gasteiger partial charge on any atom is -0.495 e. The number of carbonyl (C=O) groups excluding carboxylic acids is 2. The molecule has 2 rings (SSSR count). The largest absolute Gasteiger partial charge is 0.495 e. The van der Waals surface area contributed by atoms with E-state index in [1.165, 1.54) is 0 Å². The first-order valence-corrected chi connectivity index (χ1v) is 11.5. The fraction of sp³-hybridized carbons (Fsp3) is 0.308. The number of ether oxygens (including phenoxy) is 1. The van der Waals surface area contributed by atoms with E-state index in [0.29, 0.717) is 5.56 Å². The SMILES string of the molecule is C=CC(C)C(=O)c1cc(C)c(C)c(OC)c1Br.C=CC(C)C(=O)c1cc(C)ccc1Br. The zero-order valence-corrected chi connectivity index (χ0v) is 22.2. The second kappa shape index (κ2) is 12.2. The number of hydrogen-bond acceptors (Lipinski definition) is 3. The summed E-state index contributed by atoms with van der Waals surface area (Å²) in [6.07, 6.45) is 3.31. The van der Waals surface area contributed by atoms with Gasteiger partial charge in [0.2, 0.25) is 0 Å². The van der Waals surface area contributed by atoms with Crippen LogP contribution in [0.2, 0.25) is 0 Å². The molecule has 2 aromatic carbocycles. The van der Waals surface area contributed by atoms with Gasteiger partial charge in [0.05, 0.1) is 11.6 Å². The summed E-state index contributed by atoms with van der Waals surface area (Å²) in [7, 11) is 1.61. The Balaban J connectivity index is 0.000000316. The predicted molar refractivity (Wildman–Crippen MR) is 136 cm³/mol. The van der Waals surface area contributed by atoms with Gasteiger partial charge < -0.3 is 4.74 Å². The second-order valence-electron chi connectivity index (χ2n) is 7.47. The third-order valence-corrected chi connectivity index (χ3v) is 6.60. The van der Waals surface area contributed by atoms with Crippen molar-refractivity contribution in [3.8, 4) is 5.75 Å². The van der Waals surface area contributed by atoms with Gasteiger partial charge in [-0.2, -0.15) is 0 Å². The van der Waals surface area contributed by atoms with Gasteiger partial charge in [-0.3, -0.25) is 9.59 Å². The predicted octanol–water partition coefficient (Wildman–Crippen LogP) is 7.84. The van der Waals surface area contributed by atoms with Gasteiger partial charge in [-0.05, 0) is 66.0 Å². The van der Waals surface area contributed by atoms with Gasteiger partial charge in [0.1, 0.15) is 5.75 Å². The van der Waals surface area contributed by atoms with E-state index in [0.717, 1.165) is 36.9 Å². The van der Waals surface area contributed by atoms with Crippen molar-refractivity contribution in [3.05, 3.63) is 86.3 Å². The van der Waals surface area contributed by atoms with Crippen LogP contribution in [0, 0.1) is 32.6 Å². The molecule has 3 nitrogen and oxygen atoms in total. The number of carbonyl (C=O) groups is 2. The van der Waals surface area contributed by atoms with Crippen LogP contribution in [0.25, 0.3) is 0 Å². The molecule has 0 heterocycles. The highest BCUT2D eigenvalue weighted by Crippen LogP contribution is 2.35. The van der Waals surface area contributed by atoms with Gasteiger partial charge >= 0.3 is 0 Å². The van der Waals surface area contributed by atoms with Crippen LogP contribution in [-0.2, 0) is 0 Å². The van der Waals surface area contributed by atoms with E-state index in [2.05, 4.69) is 45.0 Å². The molecule has 0 saturated carbocycles. The van der Waals surface area contributed by atoms with Crippen LogP contribution < -0.4 is 4.74 Å². The number of benzene rings is 2. The average molecular weight is 550 g/mol. The van der Waals surface area contributed by atoms with E-state index in [9.17, 15) is 9.59 Å². The molecule has 2 aromatic rings. The Morgan fingerprint density at radius 1 is 0.935 bits per heavy atom. The number of hydrogen-bond donors (Lipinski definition) is 0. The van der Waals surface area contributed by atoms with Gasteiger partial charge in [-0.25, -0.2) is 0 Å². The molecule has 0 aliphatic carbocycles. The molecular weight excluding hydrogens is 520 g/mol. The number of allylic oxidation sites excluding steroid dienone is 2. The number of ketones is 2. The van der Waals surface area contributed by atoms with E-state index >= 15 is 0 Å². The molecule has 2 unspecified atom stereocenters. The molecule has 0 N–H and O–H groups in total. The number of aryl methyl sites for hydroxylation is 2. The van der Waals surface area contributed by atoms with Gasteiger partial charge in [0.15, 0.2) is 11.6 Å².